The lowest BCUT2D eigenvalue weighted by atomic mass is 9.97. The summed E-state index contributed by atoms with van der Waals surface area (Å²) >= 11 is 0. The Morgan fingerprint density at radius 2 is 1.70 bits per heavy atom. The Morgan fingerprint density at radius 3 is 2.37 bits per heavy atom. The van der Waals surface area contributed by atoms with Gasteiger partial charge in [-0.15, -0.1) is 0 Å². The molecule has 1 saturated heterocycles. The minimum absolute atomic E-state index is 0.402. The molecule has 144 valence electrons. The van der Waals surface area contributed by atoms with E-state index in [1.54, 1.807) is 6.08 Å². The van der Waals surface area contributed by atoms with Gasteiger partial charge in [0, 0.05) is 18.5 Å². The van der Waals surface area contributed by atoms with Crippen molar-refractivity contribution in [2.45, 2.75) is 26.3 Å². The highest BCUT2D eigenvalue weighted by Crippen LogP contribution is 2.19. The van der Waals surface area contributed by atoms with Gasteiger partial charge in [-0.3, -0.25) is 4.90 Å². The molecule has 2 aromatic rings. The molecule has 0 amide bonds. The fourth-order valence-electron chi connectivity index (χ4n) is 3.31. The van der Waals surface area contributed by atoms with Gasteiger partial charge in [-0.1, -0.05) is 60.2 Å². The molecule has 1 aliphatic heterocycles. The molecule has 0 saturated carbocycles. The minimum Gasteiger partial charge on any atom is -0.299 e. The van der Waals surface area contributed by atoms with Crippen LogP contribution in [0.15, 0.2) is 60.0 Å². The highest BCUT2D eigenvalue weighted by Gasteiger charge is 2.20. The van der Waals surface area contributed by atoms with Gasteiger partial charge in [0.25, 0.3) is 0 Å². The zero-order valence-corrected chi connectivity index (χ0v) is 16.7. The van der Waals surface area contributed by atoms with E-state index in [1.807, 2.05) is 30.3 Å². The van der Waals surface area contributed by atoms with Crippen LogP contribution in [-0.2, 0) is 16.6 Å². The van der Waals surface area contributed by atoms with Crippen LogP contribution in [0.5, 0.6) is 0 Å². The van der Waals surface area contributed by atoms with Crippen molar-refractivity contribution in [2.75, 3.05) is 19.6 Å². The Morgan fingerprint density at radius 1 is 1.04 bits per heavy atom. The van der Waals surface area contributed by atoms with Crippen LogP contribution in [0.3, 0.4) is 0 Å². The molecule has 27 heavy (non-hydrogen) atoms. The van der Waals surface area contributed by atoms with Crippen LogP contribution in [0, 0.1) is 12.8 Å². The van der Waals surface area contributed by atoms with Crippen LogP contribution in [0.25, 0.3) is 6.08 Å². The molecule has 0 unspecified atom stereocenters. The normalized spacial score (nSPS) is 16.8. The third-order valence-electron chi connectivity index (χ3n) is 5.05. The molecule has 3 rings (SSSR count). The molecule has 0 bridgehead atoms. The summed E-state index contributed by atoms with van der Waals surface area (Å²) in [5.74, 6) is 0.402. The number of piperidine rings is 1. The van der Waals surface area contributed by atoms with E-state index in [-0.39, 0.29) is 0 Å². The lowest BCUT2D eigenvalue weighted by Crippen LogP contribution is -2.37. The maximum Gasteiger partial charge on any atom is 0.233 e. The molecule has 2 aromatic carbocycles. The van der Waals surface area contributed by atoms with Crippen molar-refractivity contribution in [3.05, 3.63) is 76.7 Å². The van der Waals surface area contributed by atoms with Gasteiger partial charge in [0.15, 0.2) is 0 Å². The molecule has 0 atom stereocenters. The van der Waals surface area contributed by atoms with Crippen molar-refractivity contribution < 1.29 is 8.42 Å². The summed E-state index contributed by atoms with van der Waals surface area (Å²) in [6.07, 6.45) is 3.68. The Bertz CT molecular complexity index is 838. The largest absolute Gasteiger partial charge is 0.299 e. The Hall–Kier alpha value is -1.95. The van der Waals surface area contributed by atoms with E-state index in [4.69, 9.17) is 0 Å². The maximum atomic E-state index is 12.2. The molecule has 4 nitrogen and oxygen atoms in total. The number of hydrogen-bond acceptors (Lipinski definition) is 3. The quantitative estimate of drug-likeness (QED) is 0.790. The van der Waals surface area contributed by atoms with Gasteiger partial charge in [-0.2, -0.15) is 0 Å². The van der Waals surface area contributed by atoms with Crippen molar-refractivity contribution in [2.24, 2.45) is 5.92 Å². The van der Waals surface area contributed by atoms with E-state index >= 15 is 0 Å². The summed E-state index contributed by atoms with van der Waals surface area (Å²) in [7, 11) is -3.39. The first kappa shape index (κ1) is 19.8. The van der Waals surface area contributed by atoms with Gasteiger partial charge < -0.3 is 0 Å². The summed E-state index contributed by atoms with van der Waals surface area (Å²) in [6, 6.07) is 18.2. The predicted octanol–water partition coefficient (Wildman–Crippen LogP) is 3.80. The first-order chi connectivity index (χ1) is 13.0. The number of aryl methyl sites for hydroxylation is 1. The van der Waals surface area contributed by atoms with Gasteiger partial charge in [-0.05, 0) is 56.0 Å². The van der Waals surface area contributed by atoms with Gasteiger partial charge in [0.05, 0.1) is 0 Å². The molecule has 0 spiro atoms. The van der Waals surface area contributed by atoms with Gasteiger partial charge in [0.2, 0.25) is 10.0 Å². The molecule has 0 radical (unpaired) electrons. The lowest BCUT2D eigenvalue weighted by Gasteiger charge is -2.32. The lowest BCUT2D eigenvalue weighted by molar-refractivity contribution is 0.178. The van der Waals surface area contributed by atoms with E-state index in [2.05, 4.69) is 40.8 Å². The van der Waals surface area contributed by atoms with Gasteiger partial charge >= 0.3 is 0 Å². The van der Waals surface area contributed by atoms with Crippen LogP contribution in [0.2, 0.25) is 0 Å². The Kier molecular flexibility index (Phi) is 6.83. The number of nitrogens with zero attached hydrogens (tertiary/aromatic N) is 1. The number of benzene rings is 2. The van der Waals surface area contributed by atoms with Crippen LogP contribution in [0.4, 0.5) is 0 Å². The van der Waals surface area contributed by atoms with Gasteiger partial charge in [-0.25, -0.2) is 13.1 Å². The summed E-state index contributed by atoms with van der Waals surface area (Å²) < 4.78 is 27.1. The monoisotopic (exact) mass is 384 g/mol. The number of rotatable bonds is 7. The molecule has 0 aliphatic carbocycles. The topological polar surface area (TPSA) is 49.4 Å². The highest BCUT2D eigenvalue weighted by atomic mass is 32.2. The third kappa shape index (κ3) is 6.61. The smallest absolute Gasteiger partial charge is 0.233 e. The number of hydrogen-bond donors (Lipinski definition) is 1. The SMILES string of the molecule is Cc1ccc(CN2CCC(CNS(=O)(=O)/C=C/c3ccccc3)CC2)cc1. The van der Waals surface area contributed by atoms with Crippen LogP contribution in [-0.4, -0.2) is 33.0 Å². The number of sulfonamides is 1. The van der Waals surface area contributed by atoms with Gasteiger partial charge in [0.1, 0.15) is 0 Å². The average Bonchev–Trinajstić information content (AvgIpc) is 2.69. The average molecular weight is 385 g/mol. The molecular weight excluding hydrogens is 356 g/mol. The van der Waals surface area contributed by atoms with E-state index in [9.17, 15) is 8.42 Å². The fourth-order valence-corrected chi connectivity index (χ4v) is 4.22. The Balaban J connectivity index is 1.42. The summed E-state index contributed by atoms with van der Waals surface area (Å²) in [5.41, 5.74) is 3.50. The number of nitrogens with one attached hydrogen (secondary N) is 1. The first-order valence-corrected chi connectivity index (χ1v) is 11.1. The molecule has 1 fully saturated rings. The highest BCUT2D eigenvalue weighted by molar-refractivity contribution is 7.92. The van der Waals surface area contributed by atoms with Crippen molar-refractivity contribution in [3.63, 3.8) is 0 Å². The Labute approximate surface area is 163 Å². The zero-order chi connectivity index (χ0) is 19.1. The summed E-state index contributed by atoms with van der Waals surface area (Å²) in [5, 5.41) is 1.26. The number of likely N-dealkylation sites (tertiary alicyclic amines) is 1. The summed E-state index contributed by atoms with van der Waals surface area (Å²) in [6.45, 7) is 5.62. The molecule has 0 aromatic heterocycles. The minimum atomic E-state index is -3.39. The predicted molar refractivity (Wildman–Crippen MR) is 112 cm³/mol. The zero-order valence-electron chi connectivity index (χ0n) is 15.8. The second-order valence-corrected chi connectivity index (χ2v) is 8.96. The second kappa shape index (κ2) is 9.31. The van der Waals surface area contributed by atoms with E-state index in [1.165, 1.54) is 16.5 Å². The fraction of sp³-hybridized carbons (Fsp3) is 0.364. The maximum absolute atomic E-state index is 12.2. The van der Waals surface area contributed by atoms with Crippen molar-refractivity contribution in [1.82, 2.24) is 9.62 Å². The second-order valence-electron chi connectivity index (χ2n) is 7.31. The van der Waals surface area contributed by atoms with Crippen molar-refractivity contribution in [3.8, 4) is 0 Å². The first-order valence-electron chi connectivity index (χ1n) is 9.51. The molecule has 1 heterocycles. The van der Waals surface area contributed by atoms with Crippen molar-refractivity contribution in [1.29, 1.82) is 0 Å². The van der Waals surface area contributed by atoms with Crippen LogP contribution < -0.4 is 4.72 Å². The standard InChI is InChI=1S/C22H28N2O2S/c1-19-7-9-22(10-8-19)18-24-14-11-21(12-15-24)17-23-27(25,26)16-13-20-5-3-2-4-6-20/h2-10,13,16,21,23H,11-12,14-15,17-18H2,1H3/b16-13+. The van der Waals surface area contributed by atoms with E-state index < -0.39 is 10.0 Å². The molecule has 1 N–H and O–H groups in total. The van der Waals surface area contributed by atoms with Crippen LogP contribution in [0.1, 0.15) is 29.5 Å². The molecule has 5 heteroatoms. The van der Waals surface area contributed by atoms with E-state index in [0.29, 0.717) is 12.5 Å². The van der Waals surface area contributed by atoms with Crippen LogP contribution >= 0.6 is 0 Å². The third-order valence-corrected chi connectivity index (χ3v) is 6.11. The molecular formula is C22H28N2O2S. The summed E-state index contributed by atoms with van der Waals surface area (Å²) in [4.78, 5) is 2.45. The van der Waals surface area contributed by atoms with E-state index in [0.717, 1.165) is 38.0 Å². The van der Waals surface area contributed by atoms with Crippen molar-refractivity contribution >= 4 is 16.1 Å². The molecule has 1 aliphatic rings.